The van der Waals surface area contributed by atoms with Crippen LogP contribution in [-0.4, -0.2) is 36.1 Å². The summed E-state index contributed by atoms with van der Waals surface area (Å²) in [7, 11) is 0. The van der Waals surface area contributed by atoms with Crippen LogP contribution in [0.2, 0.25) is 0 Å². The van der Waals surface area contributed by atoms with Gasteiger partial charge in [0.1, 0.15) is 5.54 Å². The Morgan fingerprint density at radius 2 is 1.80 bits per heavy atom. The standard InChI is InChI=1S/C20H22BrN3O/c21-17-7-4-8-18(13-17)24-15-22-19(25)20(24)9-11-23(12-10-20)14-16-5-2-1-3-6-16/h1-8,13H,9-12,14-15H2,(H,22,25). The summed E-state index contributed by atoms with van der Waals surface area (Å²) in [4.78, 5) is 17.4. The van der Waals surface area contributed by atoms with Crippen molar-refractivity contribution in [1.82, 2.24) is 10.2 Å². The van der Waals surface area contributed by atoms with Crippen LogP contribution in [0.25, 0.3) is 0 Å². The summed E-state index contributed by atoms with van der Waals surface area (Å²) in [5.74, 6) is 0.173. The SMILES string of the molecule is O=C1NCN(c2cccc(Br)c2)C12CCN(Cc1ccccc1)CC2. The molecule has 2 aromatic carbocycles. The smallest absolute Gasteiger partial charge is 0.247 e. The van der Waals surface area contributed by atoms with Gasteiger partial charge in [0.05, 0.1) is 6.67 Å². The van der Waals surface area contributed by atoms with Crippen molar-refractivity contribution in [1.29, 1.82) is 0 Å². The first-order valence-corrected chi connectivity index (χ1v) is 9.54. The quantitative estimate of drug-likeness (QED) is 0.858. The molecule has 25 heavy (non-hydrogen) atoms. The molecule has 0 radical (unpaired) electrons. The van der Waals surface area contributed by atoms with E-state index in [1.807, 2.05) is 18.2 Å². The number of hydrogen-bond donors (Lipinski definition) is 1. The van der Waals surface area contributed by atoms with Crippen molar-refractivity contribution < 1.29 is 4.79 Å². The first kappa shape index (κ1) is 16.6. The second-order valence-corrected chi connectivity index (χ2v) is 7.78. The lowest BCUT2D eigenvalue weighted by atomic mass is 9.85. The van der Waals surface area contributed by atoms with E-state index in [2.05, 4.69) is 67.4 Å². The molecule has 130 valence electrons. The van der Waals surface area contributed by atoms with Crippen molar-refractivity contribution >= 4 is 27.5 Å². The Labute approximate surface area is 156 Å². The number of carbonyl (C=O) groups excluding carboxylic acids is 1. The van der Waals surface area contributed by atoms with Crippen molar-refractivity contribution in [3.8, 4) is 0 Å². The summed E-state index contributed by atoms with van der Waals surface area (Å²) >= 11 is 3.54. The Balaban J connectivity index is 1.50. The summed E-state index contributed by atoms with van der Waals surface area (Å²) in [6, 6.07) is 18.8. The summed E-state index contributed by atoms with van der Waals surface area (Å²) in [5.41, 5.74) is 2.02. The maximum absolute atomic E-state index is 12.7. The second kappa shape index (κ2) is 6.81. The van der Waals surface area contributed by atoms with E-state index in [9.17, 15) is 4.79 Å². The molecule has 1 N–H and O–H groups in total. The number of piperidine rings is 1. The fourth-order valence-corrected chi connectivity index (χ4v) is 4.38. The van der Waals surface area contributed by atoms with E-state index in [0.717, 1.165) is 42.6 Å². The predicted molar refractivity (Wildman–Crippen MR) is 103 cm³/mol. The molecular formula is C20H22BrN3O. The van der Waals surface area contributed by atoms with Crippen LogP contribution in [0.1, 0.15) is 18.4 Å². The van der Waals surface area contributed by atoms with Gasteiger partial charge in [-0.1, -0.05) is 52.3 Å². The maximum Gasteiger partial charge on any atom is 0.247 e. The molecule has 2 aliphatic rings. The zero-order valence-electron chi connectivity index (χ0n) is 14.1. The second-order valence-electron chi connectivity index (χ2n) is 6.87. The third-order valence-electron chi connectivity index (χ3n) is 5.39. The van der Waals surface area contributed by atoms with Gasteiger partial charge in [-0.3, -0.25) is 9.69 Å². The predicted octanol–water partition coefficient (Wildman–Crippen LogP) is 3.38. The minimum absolute atomic E-state index is 0.173. The summed E-state index contributed by atoms with van der Waals surface area (Å²) in [6.07, 6.45) is 1.72. The molecule has 1 amide bonds. The maximum atomic E-state index is 12.7. The number of nitrogens with zero attached hydrogens (tertiary/aromatic N) is 2. The number of nitrogens with one attached hydrogen (secondary N) is 1. The van der Waals surface area contributed by atoms with Crippen LogP contribution < -0.4 is 10.2 Å². The third-order valence-corrected chi connectivity index (χ3v) is 5.88. The minimum atomic E-state index is -0.409. The molecule has 4 nitrogen and oxygen atoms in total. The first-order valence-electron chi connectivity index (χ1n) is 8.75. The summed E-state index contributed by atoms with van der Waals surface area (Å²) in [6.45, 7) is 3.42. The van der Waals surface area contributed by atoms with E-state index < -0.39 is 5.54 Å². The van der Waals surface area contributed by atoms with Gasteiger partial charge in [0.2, 0.25) is 5.91 Å². The lowest BCUT2D eigenvalue weighted by molar-refractivity contribution is -0.125. The zero-order chi connectivity index (χ0) is 17.3. The average Bonchev–Trinajstić information content (AvgIpc) is 2.94. The summed E-state index contributed by atoms with van der Waals surface area (Å²) < 4.78 is 1.04. The number of hydrogen-bond acceptors (Lipinski definition) is 3. The van der Waals surface area contributed by atoms with Crippen LogP contribution in [-0.2, 0) is 11.3 Å². The van der Waals surface area contributed by atoms with Crippen molar-refractivity contribution in [3.05, 3.63) is 64.6 Å². The Morgan fingerprint density at radius 3 is 2.52 bits per heavy atom. The van der Waals surface area contributed by atoms with E-state index >= 15 is 0 Å². The number of benzene rings is 2. The van der Waals surface area contributed by atoms with Crippen LogP contribution in [0.4, 0.5) is 5.69 Å². The van der Waals surface area contributed by atoms with Gasteiger partial charge < -0.3 is 10.2 Å². The normalized spacial score (nSPS) is 20.0. The molecule has 0 aliphatic carbocycles. The van der Waals surface area contributed by atoms with Gasteiger partial charge in [0.25, 0.3) is 0 Å². The molecule has 2 fully saturated rings. The number of halogens is 1. The largest absolute Gasteiger partial charge is 0.339 e. The van der Waals surface area contributed by atoms with E-state index in [0.29, 0.717) is 6.67 Å². The third kappa shape index (κ3) is 3.18. The number of anilines is 1. The van der Waals surface area contributed by atoms with E-state index in [1.54, 1.807) is 0 Å². The van der Waals surface area contributed by atoms with Crippen LogP contribution in [0.3, 0.4) is 0 Å². The lowest BCUT2D eigenvalue weighted by Gasteiger charge is -2.43. The average molecular weight is 400 g/mol. The molecule has 1 spiro atoms. The van der Waals surface area contributed by atoms with Crippen molar-refractivity contribution in [3.63, 3.8) is 0 Å². The number of rotatable bonds is 3. The zero-order valence-corrected chi connectivity index (χ0v) is 15.7. The number of amides is 1. The molecule has 2 saturated heterocycles. The van der Waals surface area contributed by atoms with E-state index in [-0.39, 0.29) is 5.91 Å². The molecular weight excluding hydrogens is 378 g/mol. The molecule has 0 atom stereocenters. The Morgan fingerprint density at radius 1 is 1.04 bits per heavy atom. The minimum Gasteiger partial charge on any atom is -0.339 e. The molecule has 0 bridgehead atoms. The van der Waals surface area contributed by atoms with Crippen LogP contribution in [0.15, 0.2) is 59.1 Å². The fraction of sp³-hybridized carbons (Fsp3) is 0.350. The van der Waals surface area contributed by atoms with Gasteiger partial charge in [-0.15, -0.1) is 0 Å². The molecule has 0 unspecified atom stereocenters. The molecule has 2 heterocycles. The molecule has 4 rings (SSSR count). The molecule has 2 aliphatic heterocycles. The topological polar surface area (TPSA) is 35.6 Å². The first-order chi connectivity index (χ1) is 12.2. The number of likely N-dealkylation sites (tertiary alicyclic amines) is 1. The molecule has 0 aromatic heterocycles. The Bertz CT molecular complexity index is 757. The van der Waals surface area contributed by atoms with Gasteiger partial charge in [-0.2, -0.15) is 0 Å². The lowest BCUT2D eigenvalue weighted by Crippen LogP contribution is -2.56. The van der Waals surface area contributed by atoms with Gasteiger partial charge in [0, 0.05) is 29.8 Å². The van der Waals surface area contributed by atoms with Crippen molar-refractivity contribution in [2.24, 2.45) is 0 Å². The highest BCUT2D eigenvalue weighted by atomic mass is 79.9. The van der Waals surface area contributed by atoms with Gasteiger partial charge in [-0.25, -0.2) is 0 Å². The van der Waals surface area contributed by atoms with Gasteiger partial charge in [0.15, 0.2) is 0 Å². The summed E-state index contributed by atoms with van der Waals surface area (Å²) in [5, 5.41) is 3.07. The fourth-order valence-electron chi connectivity index (χ4n) is 3.99. The Hall–Kier alpha value is -1.85. The molecule has 2 aromatic rings. The van der Waals surface area contributed by atoms with Crippen molar-refractivity contribution in [2.45, 2.75) is 24.9 Å². The molecule has 0 saturated carbocycles. The van der Waals surface area contributed by atoms with Crippen LogP contribution >= 0.6 is 15.9 Å². The van der Waals surface area contributed by atoms with Crippen molar-refractivity contribution in [2.75, 3.05) is 24.7 Å². The van der Waals surface area contributed by atoms with Gasteiger partial charge in [-0.05, 0) is 36.6 Å². The van der Waals surface area contributed by atoms with E-state index in [1.165, 1.54) is 5.56 Å². The number of carbonyl (C=O) groups is 1. The monoisotopic (exact) mass is 399 g/mol. The Kier molecular flexibility index (Phi) is 4.52. The van der Waals surface area contributed by atoms with Crippen LogP contribution in [0, 0.1) is 0 Å². The highest BCUT2D eigenvalue weighted by Crippen LogP contribution is 2.37. The highest BCUT2D eigenvalue weighted by molar-refractivity contribution is 9.10. The van der Waals surface area contributed by atoms with E-state index in [4.69, 9.17) is 0 Å². The van der Waals surface area contributed by atoms with Gasteiger partial charge >= 0.3 is 0 Å². The van der Waals surface area contributed by atoms with Crippen LogP contribution in [0.5, 0.6) is 0 Å². The highest BCUT2D eigenvalue weighted by Gasteiger charge is 2.50. The molecule has 5 heteroatoms.